The molecule has 0 spiro atoms. The number of nitrogens with zero attached hydrogens (tertiary/aromatic N) is 1. The number of hydrogen-bond acceptors (Lipinski definition) is 4. The summed E-state index contributed by atoms with van der Waals surface area (Å²) in [5, 5.41) is 0.709. The molecule has 0 aromatic heterocycles. The minimum Gasteiger partial charge on any atom is -0.494 e. The lowest BCUT2D eigenvalue weighted by molar-refractivity contribution is 0.254. The summed E-state index contributed by atoms with van der Waals surface area (Å²) in [6, 6.07) is 7.37. The third-order valence-electron chi connectivity index (χ3n) is 4.01. The van der Waals surface area contributed by atoms with Crippen molar-refractivity contribution in [2.24, 2.45) is 5.92 Å². The lowest BCUT2D eigenvalue weighted by Crippen LogP contribution is -2.24. The van der Waals surface area contributed by atoms with Gasteiger partial charge in [0.1, 0.15) is 5.75 Å². The fraction of sp³-hybridized carbons (Fsp3) is 0.625. The zero-order valence-electron chi connectivity index (χ0n) is 13.0. The molecule has 1 aliphatic rings. The molecule has 6 heteroatoms. The summed E-state index contributed by atoms with van der Waals surface area (Å²) in [6.45, 7) is 2.57. The van der Waals surface area contributed by atoms with Gasteiger partial charge >= 0.3 is 0 Å². The molecule has 1 aromatic rings. The minimum absolute atomic E-state index is 0.345. The van der Waals surface area contributed by atoms with Crippen molar-refractivity contribution < 1.29 is 13.2 Å². The van der Waals surface area contributed by atoms with E-state index in [1.54, 1.807) is 0 Å². The van der Waals surface area contributed by atoms with Gasteiger partial charge in [-0.3, -0.25) is 0 Å². The Bertz CT molecular complexity index is 559. The van der Waals surface area contributed by atoms with E-state index in [1.807, 2.05) is 24.3 Å². The van der Waals surface area contributed by atoms with Gasteiger partial charge in [-0.15, -0.1) is 0 Å². The fourth-order valence-corrected chi connectivity index (χ4v) is 4.71. The average Bonchev–Trinajstić information content (AvgIpc) is 2.83. The van der Waals surface area contributed by atoms with Crippen LogP contribution in [0.1, 0.15) is 19.3 Å². The summed E-state index contributed by atoms with van der Waals surface area (Å²) in [7, 11) is -0.671. The van der Waals surface area contributed by atoms with Crippen LogP contribution in [0.25, 0.3) is 0 Å². The second kappa shape index (κ2) is 8.18. The monoisotopic (exact) mass is 345 g/mol. The van der Waals surface area contributed by atoms with Crippen LogP contribution in [-0.4, -0.2) is 51.6 Å². The van der Waals surface area contributed by atoms with Gasteiger partial charge in [-0.25, -0.2) is 8.42 Å². The topological polar surface area (TPSA) is 46.6 Å². The number of ether oxygens (including phenoxy) is 1. The van der Waals surface area contributed by atoms with E-state index < -0.39 is 9.84 Å². The van der Waals surface area contributed by atoms with E-state index in [9.17, 15) is 8.42 Å². The summed E-state index contributed by atoms with van der Waals surface area (Å²) in [5.74, 6) is 1.93. The third-order valence-corrected chi connectivity index (χ3v) is 6.10. The van der Waals surface area contributed by atoms with E-state index in [2.05, 4.69) is 11.9 Å². The van der Waals surface area contributed by atoms with Gasteiger partial charge in [-0.05, 0) is 63.0 Å². The number of rotatable bonds is 8. The molecule has 0 amide bonds. The molecule has 0 saturated carbocycles. The molecule has 0 radical (unpaired) electrons. The van der Waals surface area contributed by atoms with Gasteiger partial charge in [0.15, 0.2) is 9.84 Å². The average molecular weight is 346 g/mol. The Hall–Kier alpha value is -0.780. The van der Waals surface area contributed by atoms with E-state index in [4.69, 9.17) is 16.3 Å². The maximum absolute atomic E-state index is 11.4. The quantitative estimate of drug-likeness (QED) is 0.680. The van der Waals surface area contributed by atoms with Crippen molar-refractivity contribution in [1.82, 2.24) is 4.90 Å². The zero-order chi connectivity index (χ0) is 16.0. The van der Waals surface area contributed by atoms with Gasteiger partial charge in [-0.2, -0.15) is 0 Å². The molecule has 0 bridgehead atoms. The van der Waals surface area contributed by atoms with Crippen LogP contribution in [-0.2, 0) is 9.84 Å². The summed E-state index contributed by atoms with van der Waals surface area (Å²) in [4.78, 5) is 2.25. The molecule has 22 heavy (non-hydrogen) atoms. The first-order valence-electron chi connectivity index (χ1n) is 7.72. The fourth-order valence-electron chi connectivity index (χ4n) is 2.67. The highest BCUT2D eigenvalue weighted by atomic mass is 35.5. The summed E-state index contributed by atoms with van der Waals surface area (Å²) < 4.78 is 28.5. The zero-order valence-corrected chi connectivity index (χ0v) is 14.6. The molecule has 2 rings (SSSR count). The molecule has 1 unspecified atom stereocenters. The van der Waals surface area contributed by atoms with Crippen molar-refractivity contribution in [3.05, 3.63) is 29.3 Å². The highest BCUT2D eigenvalue weighted by molar-refractivity contribution is 7.91. The normalized spacial score (nSPS) is 20.4. The predicted molar refractivity (Wildman–Crippen MR) is 90.4 cm³/mol. The van der Waals surface area contributed by atoms with Crippen LogP contribution < -0.4 is 4.74 Å². The lowest BCUT2D eigenvalue weighted by atomic mass is 10.1. The van der Waals surface area contributed by atoms with Crippen LogP contribution in [0.5, 0.6) is 5.75 Å². The first-order valence-corrected chi connectivity index (χ1v) is 9.92. The summed E-state index contributed by atoms with van der Waals surface area (Å²) in [6.07, 6.45) is 2.74. The van der Waals surface area contributed by atoms with Gasteiger partial charge in [0.05, 0.1) is 18.1 Å². The Kier molecular flexibility index (Phi) is 6.53. The second-order valence-electron chi connectivity index (χ2n) is 6.02. The highest BCUT2D eigenvalue weighted by Gasteiger charge is 2.27. The SMILES string of the molecule is CN(CCCOc1ccc(Cl)cc1)CCC1CCS(=O)(=O)C1. The van der Waals surface area contributed by atoms with E-state index >= 15 is 0 Å². The Morgan fingerprint density at radius 3 is 2.64 bits per heavy atom. The molecule has 1 saturated heterocycles. The van der Waals surface area contributed by atoms with Crippen LogP contribution in [0, 0.1) is 5.92 Å². The Balaban J connectivity index is 1.56. The first-order chi connectivity index (χ1) is 10.4. The molecule has 4 nitrogen and oxygen atoms in total. The van der Waals surface area contributed by atoms with E-state index in [1.165, 1.54) is 0 Å². The van der Waals surface area contributed by atoms with E-state index in [0.29, 0.717) is 29.1 Å². The Morgan fingerprint density at radius 2 is 2.00 bits per heavy atom. The minimum atomic E-state index is -2.75. The van der Waals surface area contributed by atoms with E-state index in [-0.39, 0.29) is 0 Å². The Labute approximate surface area is 138 Å². The van der Waals surface area contributed by atoms with Crippen molar-refractivity contribution in [2.45, 2.75) is 19.3 Å². The predicted octanol–water partition coefficient (Wildman–Crippen LogP) is 2.87. The standard InChI is InChI=1S/C16H24ClNO3S/c1-18(10-7-14-8-12-22(19,20)13-14)9-2-11-21-16-5-3-15(17)4-6-16/h3-6,14H,2,7-13H2,1H3. The molecular formula is C16H24ClNO3S. The van der Waals surface area contributed by atoms with E-state index in [0.717, 1.165) is 38.1 Å². The number of sulfone groups is 1. The summed E-state index contributed by atoms with van der Waals surface area (Å²) >= 11 is 5.82. The van der Waals surface area contributed by atoms with Gasteiger partial charge in [0.25, 0.3) is 0 Å². The van der Waals surface area contributed by atoms with Crippen LogP contribution in [0.4, 0.5) is 0 Å². The second-order valence-corrected chi connectivity index (χ2v) is 8.68. The smallest absolute Gasteiger partial charge is 0.150 e. The lowest BCUT2D eigenvalue weighted by Gasteiger charge is -2.18. The van der Waals surface area contributed by atoms with Crippen LogP contribution in [0.2, 0.25) is 5.02 Å². The highest BCUT2D eigenvalue weighted by Crippen LogP contribution is 2.21. The maximum Gasteiger partial charge on any atom is 0.150 e. The molecule has 1 atom stereocenters. The molecule has 1 fully saturated rings. The molecule has 1 aliphatic heterocycles. The number of benzene rings is 1. The molecular weight excluding hydrogens is 322 g/mol. The van der Waals surface area contributed by atoms with Gasteiger partial charge in [0.2, 0.25) is 0 Å². The number of halogens is 1. The first kappa shape index (κ1) is 17.6. The third kappa shape index (κ3) is 6.15. The van der Waals surface area contributed by atoms with Crippen LogP contribution in [0.15, 0.2) is 24.3 Å². The van der Waals surface area contributed by atoms with Crippen molar-refractivity contribution in [2.75, 3.05) is 38.2 Å². The number of hydrogen-bond donors (Lipinski definition) is 0. The molecule has 1 aromatic carbocycles. The molecule has 1 heterocycles. The van der Waals surface area contributed by atoms with Crippen LogP contribution in [0.3, 0.4) is 0 Å². The molecule has 124 valence electrons. The maximum atomic E-state index is 11.4. The van der Waals surface area contributed by atoms with Gasteiger partial charge in [-0.1, -0.05) is 11.6 Å². The van der Waals surface area contributed by atoms with Crippen molar-refractivity contribution in [3.63, 3.8) is 0 Å². The Morgan fingerprint density at radius 1 is 1.27 bits per heavy atom. The van der Waals surface area contributed by atoms with Gasteiger partial charge < -0.3 is 9.64 Å². The van der Waals surface area contributed by atoms with Crippen molar-refractivity contribution in [1.29, 1.82) is 0 Å². The van der Waals surface area contributed by atoms with Crippen LogP contribution >= 0.6 is 11.6 Å². The summed E-state index contributed by atoms with van der Waals surface area (Å²) in [5.41, 5.74) is 0. The van der Waals surface area contributed by atoms with Crippen molar-refractivity contribution >= 4 is 21.4 Å². The largest absolute Gasteiger partial charge is 0.494 e. The molecule has 0 aliphatic carbocycles. The van der Waals surface area contributed by atoms with Gasteiger partial charge in [0, 0.05) is 11.6 Å². The molecule has 0 N–H and O–H groups in total. The van der Waals surface area contributed by atoms with Crippen molar-refractivity contribution in [3.8, 4) is 5.75 Å².